The average molecular weight is 817 g/mol. The van der Waals surface area contributed by atoms with Crippen molar-refractivity contribution in [2.24, 2.45) is 0 Å². The van der Waals surface area contributed by atoms with E-state index in [1.165, 1.54) is 77.0 Å². The van der Waals surface area contributed by atoms with Gasteiger partial charge in [0.05, 0.1) is 33.3 Å². The summed E-state index contributed by atoms with van der Waals surface area (Å²) < 4.78 is 24.1. The lowest BCUT2D eigenvalue weighted by atomic mass is 9.74. The molecule has 0 bridgehead atoms. The van der Waals surface area contributed by atoms with Gasteiger partial charge in [0.15, 0.2) is 0 Å². The Bertz CT molecular complexity index is 3730. The Morgan fingerprint density at radius 1 is 0.397 bits per heavy atom. The van der Waals surface area contributed by atoms with E-state index in [9.17, 15) is 0 Å². The van der Waals surface area contributed by atoms with E-state index in [-0.39, 0.29) is 5.41 Å². The zero-order valence-corrected chi connectivity index (χ0v) is 36.3. The van der Waals surface area contributed by atoms with Crippen LogP contribution in [-0.4, -0.2) is 27.5 Å². The quantitative estimate of drug-likeness (QED) is 0.166. The van der Waals surface area contributed by atoms with Gasteiger partial charge in [0.25, 0.3) is 0 Å². The van der Waals surface area contributed by atoms with Crippen molar-refractivity contribution in [1.29, 1.82) is 0 Å². The Morgan fingerprint density at radius 3 is 1.52 bits per heavy atom. The van der Waals surface area contributed by atoms with Crippen LogP contribution >= 0.6 is 0 Å². The predicted octanol–water partition coefficient (Wildman–Crippen LogP) is 14.1. The van der Waals surface area contributed by atoms with E-state index in [2.05, 4.69) is 202 Å². The minimum atomic E-state index is -0.404. The summed E-state index contributed by atoms with van der Waals surface area (Å²) in [7, 11) is -0.404. The van der Waals surface area contributed by atoms with Crippen molar-refractivity contribution in [1.82, 2.24) is 9.13 Å². The molecule has 0 amide bonds. The van der Waals surface area contributed by atoms with Crippen LogP contribution in [0.2, 0.25) is 0 Å². The van der Waals surface area contributed by atoms with Gasteiger partial charge in [-0.3, -0.25) is 0 Å². The van der Waals surface area contributed by atoms with E-state index in [4.69, 9.17) is 13.7 Å². The predicted molar refractivity (Wildman–Crippen MR) is 261 cm³/mol. The summed E-state index contributed by atoms with van der Waals surface area (Å²) in [5.74, 6) is 0. The van der Waals surface area contributed by atoms with Gasteiger partial charge in [0, 0.05) is 49.1 Å². The molecule has 13 rings (SSSR count). The molecule has 1 saturated heterocycles. The summed E-state index contributed by atoms with van der Waals surface area (Å²) in [4.78, 5) is 0. The van der Waals surface area contributed by atoms with Gasteiger partial charge in [-0.05, 0) is 127 Å². The minimum absolute atomic E-state index is 0.229. The van der Waals surface area contributed by atoms with Crippen LogP contribution in [-0.2, 0) is 14.7 Å². The molecule has 0 unspecified atom stereocenters. The number of hydrogen-bond donors (Lipinski definition) is 0. The molecule has 1 fully saturated rings. The fraction of sp³-hybridized carbons (Fsp3) is 0.158. The van der Waals surface area contributed by atoms with Gasteiger partial charge in [0.1, 0.15) is 11.2 Å². The number of rotatable bonds is 4. The third-order valence-electron chi connectivity index (χ3n) is 14.8. The molecule has 0 N–H and O–H groups in total. The number of para-hydroxylation sites is 3. The van der Waals surface area contributed by atoms with Crippen molar-refractivity contribution in [2.45, 2.75) is 58.2 Å². The van der Waals surface area contributed by atoms with E-state index < -0.39 is 18.3 Å². The van der Waals surface area contributed by atoms with Gasteiger partial charge < -0.3 is 22.9 Å². The average Bonchev–Trinajstić information content (AvgIpc) is 4.04. The smallest absolute Gasteiger partial charge is 0.456 e. The Kier molecular flexibility index (Phi) is 7.37. The summed E-state index contributed by atoms with van der Waals surface area (Å²) in [6, 6.07) is 60.2. The van der Waals surface area contributed by atoms with E-state index in [1.807, 2.05) is 12.1 Å². The Hall–Kier alpha value is -6.86. The standard InChI is InChI=1S/C57H45BN2O3/c1-55(2)47-31-36(58-62-56(3,4)57(5,6)63-58)21-26-39(47)40-27-22-38(33-48(40)55)60-50-17-11-8-14-42(50)44-25-20-35(30-52(44)60)34-19-24-43-41-13-7-10-16-49(41)59(51(43)29-34)37-23-28-54-46(32-37)45-15-9-12-18-53(45)61-54/h7-33H,1-6H3. The van der Waals surface area contributed by atoms with E-state index in [0.717, 1.165) is 38.8 Å². The lowest BCUT2D eigenvalue weighted by molar-refractivity contribution is 0.00578. The van der Waals surface area contributed by atoms with Crippen molar-refractivity contribution in [3.63, 3.8) is 0 Å². The van der Waals surface area contributed by atoms with Gasteiger partial charge in [0.2, 0.25) is 0 Å². The second-order valence-corrected chi connectivity index (χ2v) is 19.2. The van der Waals surface area contributed by atoms with Crippen LogP contribution in [0.3, 0.4) is 0 Å². The molecular formula is C57H45BN2O3. The molecule has 11 aromatic rings. The molecule has 63 heavy (non-hydrogen) atoms. The number of furan rings is 1. The van der Waals surface area contributed by atoms with Crippen LogP contribution in [0.1, 0.15) is 52.7 Å². The largest absolute Gasteiger partial charge is 0.494 e. The van der Waals surface area contributed by atoms with E-state index in [0.29, 0.717) is 0 Å². The first kappa shape index (κ1) is 36.8. The molecule has 5 nitrogen and oxygen atoms in total. The van der Waals surface area contributed by atoms with Crippen LogP contribution in [0, 0.1) is 0 Å². The summed E-state index contributed by atoms with van der Waals surface area (Å²) in [6.07, 6.45) is 0. The maximum absolute atomic E-state index is 6.50. The molecule has 1 aliphatic carbocycles. The monoisotopic (exact) mass is 816 g/mol. The number of benzene rings is 8. The molecule has 0 spiro atoms. The second kappa shape index (κ2) is 12.6. The highest BCUT2D eigenvalue weighted by atomic mass is 16.7. The molecule has 8 aromatic carbocycles. The number of nitrogens with zero attached hydrogens (tertiary/aromatic N) is 2. The fourth-order valence-electron chi connectivity index (χ4n) is 10.7. The Labute approximate surface area is 366 Å². The normalized spacial score (nSPS) is 16.3. The van der Waals surface area contributed by atoms with Gasteiger partial charge in [-0.25, -0.2) is 0 Å². The first-order chi connectivity index (χ1) is 30.4. The molecule has 4 heterocycles. The van der Waals surface area contributed by atoms with E-state index >= 15 is 0 Å². The molecule has 2 aliphatic rings. The van der Waals surface area contributed by atoms with E-state index in [1.54, 1.807) is 0 Å². The summed E-state index contributed by atoms with van der Waals surface area (Å²) in [5.41, 5.74) is 16.4. The number of fused-ring (bicyclic) bond motifs is 12. The van der Waals surface area contributed by atoms with Gasteiger partial charge in [-0.15, -0.1) is 0 Å². The third kappa shape index (κ3) is 5.14. The highest BCUT2D eigenvalue weighted by Gasteiger charge is 2.52. The summed E-state index contributed by atoms with van der Waals surface area (Å²) >= 11 is 0. The van der Waals surface area contributed by atoms with Crippen molar-refractivity contribution in [2.75, 3.05) is 0 Å². The van der Waals surface area contributed by atoms with Crippen molar-refractivity contribution in [3.05, 3.63) is 175 Å². The lowest BCUT2D eigenvalue weighted by Gasteiger charge is -2.32. The Morgan fingerprint density at radius 2 is 0.889 bits per heavy atom. The third-order valence-corrected chi connectivity index (χ3v) is 14.8. The second-order valence-electron chi connectivity index (χ2n) is 19.2. The first-order valence-electron chi connectivity index (χ1n) is 22.1. The SMILES string of the molecule is CC1(C)c2cc(B3OC(C)(C)C(C)(C)O3)ccc2-c2ccc(-n3c4ccccc4c4ccc(-c5ccc6c7ccccc7n(-c7ccc8oc9ccccc9c8c7)c6c5)cc43)cc21. The van der Waals surface area contributed by atoms with Gasteiger partial charge in [-0.2, -0.15) is 0 Å². The highest BCUT2D eigenvalue weighted by Crippen LogP contribution is 2.50. The van der Waals surface area contributed by atoms with Crippen LogP contribution in [0.25, 0.3) is 99.2 Å². The molecule has 304 valence electrons. The van der Waals surface area contributed by atoms with Crippen LogP contribution in [0.4, 0.5) is 0 Å². The molecule has 0 saturated carbocycles. The fourth-order valence-corrected chi connectivity index (χ4v) is 10.7. The first-order valence-corrected chi connectivity index (χ1v) is 22.1. The molecule has 1 aliphatic heterocycles. The van der Waals surface area contributed by atoms with Gasteiger partial charge >= 0.3 is 7.12 Å². The lowest BCUT2D eigenvalue weighted by Crippen LogP contribution is -2.41. The number of aromatic nitrogens is 2. The zero-order valence-electron chi connectivity index (χ0n) is 36.3. The van der Waals surface area contributed by atoms with Crippen molar-refractivity contribution in [3.8, 4) is 33.6 Å². The van der Waals surface area contributed by atoms with Crippen LogP contribution < -0.4 is 5.46 Å². The van der Waals surface area contributed by atoms with Crippen LogP contribution in [0.15, 0.2) is 168 Å². The zero-order chi connectivity index (χ0) is 42.6. The molecule has 0 radical (unpaired) electrons. The van der Waals surface area contributed by atoms with Crippen LogP contribution in [0.5, 0.6) is 0 Å². The highest BCUT2D eigenvalue weighted by molar-refractivity contribution is 6.62. The maximum Gasteiger partial charge on any atom is 0.494 e. The molecule has 0 atom stereocenters. The van der Waals surface area contributed by atoms with Crippen molar-refractivity contribution < 1.29 is 13.7 Å². The maximum atomic E-state index is 6.50. The van der Waals surface area contributed by atoms with Gasteiger partial charge in [-0.1, -0.05) is 117 Å². The van der Waals surface area contributed by atoms with Crippen molar-refractivity contribution >= 4 is 78.1 Å². The molecular weight excluding hydrogens is 771 g/mol. The minimum Gasteiger partial charge on any atom is -0.456 e. The Balaban J connectivity index is 0.945. The molecule has 3 aromatic heterocycles. The topological polar surface area (TPSA) is 41.5 Å². The summed E-state index contributed by atoms with van der Waals surface area (Å²) in [6.45, 7) is 13.2. The number of hydrogen-bond acceptors (Lipinski definition) is 3. The summed E-state index contributed by atoms with van der Waals surface area (Å²) in [5, 5.41) is 7.19. The molecule has 6 heteroatoms.